The Kier molecular flexibility index (Phi) is 14.3. The largest absolute Gasteiger partial charge is 0.507 e. The quantitative estimate of drug-likeness (QED) is 0.0349. The lowest BCUT2D eigenvalue weighted by atomic mass is 10.1. The fourth-order valence-corrected chi connectivity index (χ4v) is 8.27. The molecule has 24 nitrogen and oxygen atoms in total. The highest BCUT2D eigenvalue weighted by Crippen LogP contribution is 2.48. The summed E-state index contributed by atoms with van der Waals surface area (Å²) in [5, 5.41) is 48.4. The number of carbonyl (C=O) groups excluding carboxylic acids is 2. The molecule has 71 heavy (non-hydrogen) atoms. The molecule has 0 aliphatic rings. The first-order valence-electron chi connectivity index (χ1n) is 20.0. The molecule has 0 heterocycles. The molecule has 2 amide bonds. The zero-order valence-corrected chi connectivity index (χ0v) is 38.8. The standard InChI is InChI=1S/C44H34N8O16S3/c1-3-67-37-22-34(50-48-28-14-12-26(13-15-28)46-43(55)24-8-10-27(11-9-24)47-49-29-16-17-36(54)33(20-29)44(56)57)31-6-4-5-7-32(31)40(37)51-52-41-38(70(61,62)63)19-25-18-30(69(58,59)60)21-35(45-23(2)53)39(25)42(41)68-71(64,65)66/h4-22,54H,3H2,1-2H3,(H,45,53)(H,46,55)(H,56,57)(H,58,59,60)(H,61,62,63)(H,64,65,66). The van der Waals surface area contributed by atoms with Gasteiger partial charge in [0.25, 0.3) is 26.1 Å². The van der Waals surface area contributed by atoms with Gasteiger partial charge in [-0.3, -0.25) is 23.2 Å². The number of ether oxygens (including phenoxy) is 1. The number of nitrogens with one attached hydrogen (secondary N) is 2. The molecule has 0 radical (unpaired) electrons. The number of anilines is 2. The fraction of sp³-hybridized carbons (Fsp3) is 0.0682. The summed E-state index contributed by atoms with van der Waals surface area (Å²) in [5.74, 6) is -4.23. The number of hydrogen-bond acceptors (Lipinski definition) is 18. The van der Waals surface area contributed by atoms with Crippen LogP contribution in [0.25, 0.3) is 21.5 Å². The summed E-state index contributed by atoms with van der Waals surface area (Å²) in [6.07, 6.45) is 0. The van der Waals surface area contributed by atoms with E-state index in [4.69, 9.17) is 8.92 Å². The zero-order valence-electron chi connectivity index (χ0n) is 36.3. The maximum Gasteiger partial charge on any atom is 0.446 e. The van der Waals surface area contributed by atoms with Crippen molar-refractivity contribution in [3.63, 3.8) is 0 Å². The molecule has 0 unspecified atom stereocenters. The van der Waals surface area contributed by atoms with Gasteiger partial charge in [-0.1, -0.05) is 24.3 Å². The Morgan fingerprint density at radius 1 is 0.648 bits per heavy atom. The van der Waals surface area contributed by atoms with Crippen LogP contribution in [0.4, 0.5) is 45.5 Å². The normalized spacial score (nSPS) is 12.2. The van der Waals surface area contributed by atoms with E-state index < -0.39 is 91.9 Å². The lowest BCUT2D eigenvalue weighted by molar-refractivity contribution is -0.114. The number of fused-ring (bicyclic) bond motifs is 2. The van der Waals surface area contributed by atoms with Crippen LogP contribution >= 0.6 is 0 Å². The third-order valence-corrected chi connectivity index (χ3v) is 11.8. The van der Waals surface area contributed by atoms with Gasteiger partial charge in [0.2, 0.25) is 5.91 Å². The van der Waals surface area contributed by atoms with Gasteiger partial charge in [-0.25, -0.2) is 4.79 Å². The molecule has 0 atom stereocenters. The van der Waals surface area contributed by atoms with Gasteiger partial charge in [0, 0.05) is 35.0 Å². The Morgan fingerprint density at radius 2 is 1.25 bits per heavy atom. The van der Waals surface area contributed by atoms with Gasteiger partial charge in [0.15, 0.2) is 11.4 Å². The maximum absolute atomic E-state index is 13.0. The molecule has 0 aromatic heterocycles. The van der Waals surface area contributed by atoms with Crippen LogP contribution in [-0.4, -0.2) is 73.5 Å². The van der Waals surface area contributed by atoms with Crippen LogP contribution in [0.5, 0.6) is 17.2 Å². The van der Waals surface area contributed by atoms with Crippen molar-refractivity contribution in [3.05, 3.63) is 126 Å². The number of phenols is 1. The van der Waals surface area contributed by atoms with E-state index in [0.29, 0.717) is 40.6 Å². The van der Waals surface area contributed by atoms with Crippen molar-refractivity contribution in [2.75, 3.05) is 17.2 Å². The molecule has 0 bridgehead atoms. The third kappa shape index (κ3) is 12.0. The molecule has 7 N–H and O–H groups in total. The fourth-order valence-electron chi connectivity index (χ4n) is 6.71. The molecule has 7 aromatic carbocycles. The first-order chi connectivity index (χ1) is 33.5. The number of rotatable bonds is 16. The summed E-state index contributed by atoms with van der Waals surface area (Å²) >= 11 is 0. The third-order valence-electron chi connectivity index (χ3n) is 9.71. The van der Waals surface area contributed by atoms with Crippen LogP contribution in [0.15, 0.2) is 156 Å². The smallest absolute Gasteiger partial charge is 0.446 e. The Labute approximate surface area is 401 Å². The van der Waals surface area contributed by atoms with Crippen molar-refractivity contribution >= 4 is 115 Å². The van der Waals surface area contributed by atoms with Crippen molar-refractivity contribution in [2.45, 2.75) is 23.6 Å². The molecule has 364 valence electrons. The Hall–Kier alpha value is -8.60. The van der Waals surface area contributed by atoms with E-state index in [-0.39, 0.29) is 45.9 Å². The number of benzene rings is 7. The van der Waals surface area contributed by atoms with E-state index in [9.17, 15) is 63.5 Å². The second kappa shape index (κ2) is 20.2. The number of aromatic hydroxyl groups is 1. The number of aromatic carboxylic acids is 1. The van der Waals surface area contributed by atoms with Crippen LogP contribution in [0.1, 0.15) is 34.6 Å². The molecule has 0 aliphatic heterocycles. The average Bonchev–Trinajstić information content (AvgIpc) is 3.29. The molecule has 0 saturated heterocycles. The van der Waals surface area contributed by atoms with Gasteiger partial charge in [-0.2, -0.15) is 40.6 Å². The van der Waals surface area contributed by atoms with Gasteiger partial charge >= 0.3 is 16.4 Å². The van der Waals surface area contributed by atoms with Crippen LogP contribution in [-0.2, 0) is 35.4 Å². The van der Waals surface area contributed by atoms with Crippen LogP contribution in [0.3, 0.4) is 0 Å². The molecule has 7 aromatic rings. The Morgan fingerprint density at radius 3 is 1.86 bits per heavy atom. The van der Waals surface area contributed by atoms with Gasteiger partial charge in [0.05, 0.1) is 45.3 Å². The number of azo groups is 3. The highest BCUT2D eigenvalue weighted by Gasteiger charge is 2.30. The second-order valence-corrected chi connectivity index (χ2v) is 18.5. The molecule has 0 spiro atoms. The van der Waals surface area contributed by atoms with Crippen molar-refractivity contribution in [1.29, 1.82) is 0 Å². The molecular weight excluding hydrogens is 993 g/mol. The van der Waals surface area contributed by atoms with Gasteiger partial charge in [-0.05, 0) is 97.2 Å². The Balaban J connectivity index is 1.19. The van der Waals surface area contributed by atoms with Gasteiger partial charge in [-0.15, -0.1) is 15.3 Å². The summed E-state index contributed by atoms with van der Waals surface area (Å²) < 4.78 is 115. The lowest BCUT2D eigenvalue weighted by Gasteiger charge is -2.16. The van der Waals surface area contributed by atoms with Crippen LogP contribution in [0, 0.1) is 0 Å². The number of carbonyl (C=O) groups is 3. The minimum absolute atomic E-state index is 0.0205. The van der Waals surface area contributed by atoms with Crippen molar-refractivity contribution in [3.8, 4) is 17.2 Å². The van der Waals surface area contributed by atoms with E-state index in [0.717, 1.165) is 13.0 Å². The van der Waals surface area contributed by atoms with Crippen LogP contribution in [0.2, 0.25) is 0 Å². The summed E-state index contributed by atoms with van der Waals surface area (Å²) in [4.78, 5) is 34.4. The lowest BCUT2D eigenvalue weighted by Crippen LogP contribution is -2.12. The first-order valence-corrected chi connectivity index (χ1v) is 24.3. The monoisotopic (exact) mass is 1030 g/mol. The number of nitrogens with zero attached hydrogens (tertiary/aromatic N) is 6. The van der Waals surface area contributed by atoms with E-state index in [1.165, 1.54) is 42.5 Å². The summed E-state index contributed by atoms with van der Waals surface area (Å²) in [5.41, 5.74) is -0.253. The molecule has 0 fully saturated rings. The highest BCUT2D eigenvalue weighted by atomic mass is 32.3. The van der Waals surface area contributed by atoms with Crippen molar-refractivity contribution in [1.82, 2.24) is 0 Å². The summed E-state index contributed by atoms with van der Waals surface area (Å²) in [7, 11) is -16.1. The zero-order chi connectivity index (χ0) is 51.4. The summed E-state index contributed by atoms with van der Waals surface area (Å²) in [6, 6.07) is 25.9. The molecule has 7 rings (SSSR count). The van der Waals surface area contributed by atoms with Crippen molar-refractivity contribution < 1.29 is 72.4 Å². The van der Waals surface area contributed by atoms with E-state index in [1.807, 2.05) is 0 Å². The van der Waals surface area contributed by atoms with E-state index in [1.54, 1.807) is 55.5 Å². The van der Waals surface area contributed by atoms with E-state index in [2.05, 4.69) is 41.3 Å². The minimum Gasteiger partial charge on any atom is -0.507 e. The molecule has 27 heteroatoms. The predicted molar refractivity (Wildman–Crippen MR) is 254 cm³/mol. The molecule has 0 saturated carbocycles. The number of carboxylic acid groups (broad SMARTS) is 1. The Bertz CT molecular complexity index is 3760. The molecule has 0 aliphatic carbocycles. The van der Waals surface area contributed by atoms with E-state index >= 15 is 0 Å². The average molecular weight is 1030 g/mol. The topological polar surface area (TPSA) is 371 Å². The van der Waals surface area contributed by atoms with Crippen molar-refractivity contribution in [2.24, 2.45) is 30.7 Å². The number of carboxylic acids is 1. The van der Waals surface area contributed by atoms with Gasteiger partial charge in [0.1, 0.15) is 27.6 Å². The van der Waals surface area contributed by atoms with Gasteiger partial charge < -0.3 is 29.8 Å². The molecular formula is C44H34N8O16S3. The number of hydrogen-bond donors (Lipinski definition) is 7. The highest BCUT2D eigenvalue weighted by molar-refractivity contribution is 7.86. The van der Waals surface area contributed by atoms with Crippen LogP contribution < -0.4 is 19.6 Å². The second-order valence-electron chi connectivity index (χ2n) is 14.6. The minimum atomic E-state index is -5.59. The SMILES string of the molecule is CCOc1cc(N=Nc2ccc(NC(=O)c3ccc(N=Nc4ccc(O)c(C(=O)O)c4)cc3)cc2)c2ccccc2c1N=Nc1c(S(=O)(=O)O)cc2cc(S(=O)(=O)O)cc(NC(C)=O)c2c1OS(=O)(=O)O. The summed E-state index contributed by atoms with van der Waals surface area (Å²) in [6.45, 7) is 2.64. The predicted octanol–water partition coefficient (Wildman–Crippen LogP) is 9.93. The first kappa shape index (κ1) is 50.3. The number of amides is 2. The maximum atomic E-state index is 13.0.